The van der Waals surface area contributed by atoms with E-state index >= 15 is 0 Å². The average Bonchev–Trinajstić information content (AvgIpc) is 2.33. The molecule has 1 aromatic carbocycles. The third-order valence-corrected chi connectivity index (χ3v) is 2.93. The lowest BCUT2D eigenvalue weighted by molar-refractivity contribution is 0.0636. The maximum absolute atomic E-state index is 6.07. The smallest absolute Gasteiger partial charge is 0.0701 e. The maximum Gasteiger partial charge on any atom is 0.0701 e. The topological polar surface area (TPSA) is 44.5 Å². The van der Waals surface area contributed by atoms with E-state index in [1.54, 1.807) is 7.11 Å². The molecule has 0 aliphatic carbocycles. The van der Waals surface area contributed by atoms with E-state index in [9.17, 15) is 0 Å². The van der Waals surface area contributed by atoms with Gasteiger partial charge in [0.2, 0.25) is 0 Å². The second kappa shape index (κ2) is 6.88. The third kappa shape index (κ3) is 4.77. The van der Waals surface area contributed by atoms with E-state index in [1.807, 2.05) is 0 Å². The van der Waals surface area contributed by atoms with Gasteiger partial charge in [0.05, 0.1) is 25.9 Å². The van der Waals surface area contributed by atoms with E-state index in [2.05, 4.69) is 45.0 Å². The first-order chi connectivity index (χ1) is 8.45. The number of hydrogen-bond donors (Lipinski definition) is 1. The van der Waals surface area contributed by atoms with Gasteiger partial charge in [0.15, 0.2) is 0 Å². The molecule has 1 rings (SSSR count). The normalized spacial score (nSPS) is 13.6. The van der Waals surface area contributed by atoms with Crippen molar-refractivity contribution in [3.05, 3.63) is 35.4 Å². The minimum Gasteiger partial charge on any atom is -0.382 e. The van der Waals surface area contributed by atoms with Crippen LogP contribution in [0.3, 0.4) is 0 Å². The molecular weight excluding hydrogens is 226 g/mol. The zero-order chi connectivity index (χ0) is 13.6. The van der Waals surface area contributed by atoms with Gasteiger partial charge in [-0.05, 0) is 16.5 Å². The van der Waals surface area contributed by atoms with Crippen LogP contribution < -0.4 is 5.73 Å². The molecule has 102 valence electrons. The third-order valence-electron chi connectivity index (χ3n) is 2.93. The van der Waals surface area contributed by atoms with E-state index in [-0.39, 0.29) is 11.5 Å². The van der Waals surface area contributed by atoms with Crippen LogP contribution in [0.25, 0.3) is 0 Å². The zero-order valence-corrected chi connectivity index (χ0v) is 11.9. The van der Waals surface area contributed by atoms with Crippen molar-refractivity contribution in [2.24, 2.45) is 5.73 Å². The molecule has 2 N–H and O–H groups in total. The summed E-state index contributed by atoms with van der Waals surface area (Å²) in [5.41, 5.74) is 8.68. The van der Waals surface area contributed by atoms with Crippen molar-refractivity contribution in [3.63, 3.8) is 0 Å². The molecule has 0 saturated heterocycles. The van der Waals surface area contributed by atoms with Crippen molar-refractivity contribution < 1.29 is 9.47 Å². The number of rotatable bonds is 6. The zero-order valence-electron chi connectivity index (χ0n) is 11.9. The molecule has 3 nitrogen and oxygen atoms in total. The molecule has 0 aliphatic rings. The highest BCUT2D eigenvalue weighted by molar-refractivity contribution is 5.29. The summed E-state index contributed by atoms with van der Waals surface area (Å²) in [6, 6.07) is 8.39. The Morgan fingerprint density at radius 2 is 1.72 bits per heavy atom. The van der Waals surface area contributed by atoms with Crippen LogP contribution in [0.5, 0.6) is 0 Å². The lowest BCUT2D eigenvalue weighted by Gasteiger charge is -2.20. The fourth-order valence-electron chi connectivity index (χ4n) is 1.68. The molecule has 3 heteroatoms. The van der Waals surface area contributed by atoms with Crippen molar-refractivity contribution in [1.29, 1.82) is 0 Å². The highest BCUT2D eigenvalue weighted by Crippen LogP contribution is 2.23. The number of benzene rings is 1. The van der Waals surface area contributed by atoms with Gasteiger partial charge in [-0.2, -0.15) is 0 Å². The molecule has 0 saturated carbocycles. The van der Waals surface area contributed by atoms with Gasteiger partial charge in [-0.25, -0.2) is 0 Å². The number of hydrogen-bond acceptors (Lipinski definition) is 3. The highest BCUT2D eigenvalue weighted by atomic mass is 16.5. The Bertz CT molecular complexity index is 341. The van der Waals surface area contributed by atoms with E-state index in [1.165, 1.54) is 5.56 Å². The number of methoxy groups -OCH3 is 1. The Balaban J connectivity index is 2.51. The number of nitrogens with two attached hydrogens (primary N) is 1. The van der Waals surface area contributed by atoms with Gasteiger partial charge in [0.25, 0.3) is 0 Å². The minimum absolute atomic E-state index is 0.0733. The van der Waals surface area contributed by atoms with Gasteiger partial charge < -0.3 is 15.2 Å². The molecule has 0 aliphatic heterocycles. The summed E-state index contributed by atoms with van der Waals surface area (Å²) in [4.78, 5) is 0. The molecule has 0 fully saturated rings. The summed E-state index contributed by atoms with van der Waals surface area (Å²) in [7, 11) is 1.66. The standard InChI is InChI=1S/C15H25NO2/c1-15(2,3)13-7-5-12(6-8-13)14(16)11-18-10-9-17-4/h5-8,14H,9-11,16H2,1-4H3. The van der Waals surface area contributed by atoms with Crippen molar-refractivity contribution >= 4 is 0 Å². The van der Waals surface area contributed by atoms with E-state index in [0.29, 0.717) is 19.8 Å². The molecule has 0 spiro atoms. The Hall–Kier alpha value is -0.900. The van der Waals surface area contributed by atoms with Crippen molar-refractivity contribution in [3.8, 4) is 0 Å². The van der Waals surface area contributed by atoms with E-state index < -0.39 is 0 Å². The Labute approximate surface area is 110 Å². The van der Waals surface area contributed by atoms with Gasteiger partial charge in [-0.15, -0.1) is 0 Å². The van der Waals surface area contributed by atoms with Crippen molar-refractivity contribution in [2.45, 2.75) is 32.2 Å². The van der Waals surface area contributed by atoms with Crippen LogP contribution in [0.1, 0.15) is 37.9 Å². The summed E-state index contributed by atoms with van der Waals surface area (Å²) < 4.78 is 10.4. The summed E-state index contributed by atoms with van der Waals surface area (Å²) in [5.74, 6) is 0. The first-order valence-electron chi connectivity index (χ1n) is 6.38. The summed E-state index contributed by atoms with van der Waals surface area (Å²) in [6.07, 6.45) is 0. The molecule has 0 bridgehead atoms. The average molecular weight is 251 g/mol. The predicted molar refractivity (Wildman–Crippen MR) is 74.8 cm³/mol. The van der Waals surface area contributed by atoms with Gasteiger partial charge in [-0.1, -0.05) is 45.0 Å². The molecule has 0 heterocycles. The Kier molecular flexibility index (Phi) is 5.79. The second-order valence-corrected chi connectivity index (χ2v) is 5.55. The molecule has 1 aromatic rings. The largest absolute Gasteiger partial charge is 0.382 e. The SMILES string of the molecule is COCCOCC(N)c1ccc(C(C)(C)C)cc1. The van der Waals surface area contributed by atoms with Crippen LogP contribution in [0.2, 0.25) is 0 Å². The second-order valence-electron chi connectivity index (χ2n) is 5.55. The fourth-order valence-corrected chi connectivity index (χ4v) is 1.68. The molecule has 1 atom stereocenters. The van der Waals surface area contributed by atoms with Crippen LogP contribution >= 0.6 is 0 Å². The summed E-state index contributed by atoms with van der Waals surface area (Å²) in [5, 5.41) is 0. The lowest BCUT2D eigenvalue weighted by Crippen LogP contribution is -2.19. The van der Waals surface area contributed by atoms with Gasteiger partial charge in [0, 0.05) is 7.11 Å². The van der Waals surface area contributed by atoms with Crippen LogP contribution in [-0.2, 0) is 14.9 Å². The van der Waals surface area contributed by atoms with Gasteiger partial charge >= 0.3 is 0 Å². The van der Waals surface area contributed by atoms with Gasteiger partial charge in [0.1, 0.15) is 0 Å². The molecule has 1 unspecified atom stereocenters. The molecule has 0 radical (unpaired) electrons. The van der Waals surface area contributed by atoms with E-state index in [0.717, 1.165) is 5.56 Å². The lowest BCUT2D eigenvalue weighted by atomic mass is 9.86. The van der Waals surface area contributed by atoms with Crippen LogP contribution in [-0.4, -0.2) is 26.9 Å². The summed E-state index contributed by atoms with van der Waals surface area (Å²) in [6.45, 7) is 8.33. The van der Waals surface area contributed by atoms with Crippen molar-refractivity contribution in [2.75, 3.05) is 26.9 Å². The highest BCUT2D eigenvalue weighted by Gasteiger charge is 2.14. The van der Waals surface area contributed by atoms with Gasteiger partial charge in [-0.3, -0.25) is 0 Å². The van der Waals surface area contributed by atoms with Crippen molar-refractivity contribution in [1.82, 2.24) is 0 Å². The molecule has 18 heavy (non-hydrogen) atoms. The molecule has 0 aromatic heterocycles. The first kappa shape index (κ1) is 15.2. The quantitative estimate of drug-likeness (QED) is 0.790. The summed E-state index contributed by atoms with van der Waals surface area (Å²) >= 11 is 0. The Morgan fingerprint density at radius 1 is 1.11 bits per heavy atom. The van der Waals surface area contributed by atoms with Crippen LogP contribution in [0.4, 0.5) is 0 Å². The van der Waals surface area contributed by atoms with Crippen LogP contribution in [0, 0.1) is 0 Å². The minimum atomic E-state index is -0.0733. The molecular formula is C15H25NO2. The monoisotopic (exact) mass is 251 g/mol. The van der Waals surface area contributed by atoms with E-state index in [4.69, 9.17) is 15.2 Å². The first-order valence-corrected chi connectivity index (χ1v) is 6.38. The predicted octanol–water partition coefficient (Wildman–Crippen LogP) is 2.65. The molecule has 0 amide bonds. The maximum atomic E-state index is 6.07. The van der Waals surface area contributed by atoms with Crippen LogP contribution in [0.15, 0.2) is 24.3 Å². The Morgan fingerprint density at radius 3 is 2.22 bits per heavy atom. The fraction of sp³-hybridized carbons (Fsp3) is 0.600. The number of ether oxygens (including phenoxy) is 2.